The highest BCUT2D eigenvalue weighted by Crippen LogP contribution is 2.25. The Morgan fingerprint density at radius 3 is 2.64 bits per heavy atom. The first-order valence-electron chi connectivity index (χ1n) is 8.78. The van der Waals surface area contributed by atoms with Gasteiger partial charge in [-0.3, -0.25) is 4.79 Å². The van der Waals surface area contributed by atoms with Gasteiger partial charge in [-0.25, -0.2) is 4.79 Å². The van der Waals surface area contributed by atoms with Crippen molar-refractivity contribution in [2.24, 2.45) is 0 Å². The van der Waals surface area contributed by atoms with Crippen LogP contribution in [0.2, 0.25) is 10.0 Å². The SMILES string of the molecule is O=C(COC(=O)c1ccc(OCC2CCCO2)cc1)Nc1cc(Cl)ccc1Cl. The van der Waals surface area contributed by atoms with Crippen LogP contribution in [0.4, 0.5) is 5.69 Å². The number of nitrogens with one attached hydrogen (secondary N) is 1. The molecule has 1 heterocycles. The molecule has 0 spiro atoms. The highest BCUT2D eigenvalue weighted by atomic mass is 35.5. The molecule has 28 heavy (non-hydrogen) atoms. The lowest BCUT2D eigenvalue weighted by molar-refractivity contribution is -0.119. The van der Waals surface area contributed by atoms with Crippen LogP contribution in [0.3, 0.4) is 0 Å². The Morgan fingerprint density at radius 2 is 1.93 bits per heavy atom. The van der Waals surface area contributed by atoms with E-state index in [-0.39, 0.29) is 6.10 Å². The van der Waals surface area contributed by atoms with Gasteiger partial charge in [0.2, 0.25) is 0 Å². The van der Waals surface area contributed by atoms with Crippen LogP contribution in [-0.4, -0.2) is 37.8 Å². The number of carbonyl (C=O) groups is 2. The van der Waals surface area contributed by atoms with Crippen molar-refractivity contribution in [2.45, 2.75) is 18.9 Å². The van der Waals surface area contributed by atoms with Gasteiger partial charge >= 0.3 is 5.97 Å². The van der Waals surface area contributed by atoms with E-state index in [9.17, 15) is 9.59 Å². The summed E-state index contributed by atoms with van der Waals surface area (Å²) in [6, 6.07) is 11.2. The zero-order chi connectivity index (χ0) is 19.9. The fraction of sp³-hybridized carbons (Fsp3) is 0.300. The van der Waals surface area contributed by atoms with Crippen LogP contribution >= 0.6 is 23.2 Å². The average Bonchev–Trinajstić information content (AvgIpc) is 3.21. The molecule has 0 saturated carbocycles. The molecule has 0 radical (unpaired) electrons. The maximum absolute atomic E-state index is 12.1. The Morgan fingerprint density at radius 1 is 1.14 bits per heavy atom. The van der Waals surface area contributed by atoms with Crippen molar-refractivity contribution in [3.8, 4) is 5.75 Å². The van der Waals surface area contributed by atoms with Crippen molar-refractivity contribution in [3.63, 3.8) is 0 Å². The highest BCUT2D eigenvalue weighted by molar-refractivity contribution is 6.35. The first kappa shape index (κ1) is 20.5. The largest absolute Gasteiger partial charge is 0.491 e. The molecule has 148 valence electrons. The number of rotatable bonds is 7. The molecule has 1 fully saturated rings. The van der Waals surface area contributed by atoms with Gasteiger partial charge in [0.15, 0.2) is 6.61 Å². The molecule has 0 aliphatic carbocycles. The van der Waals surface area contributed by atoms with Crippen molar-refractivity contribution in [2.75, 3.05) is 25.1 Å². The third kappa shape index (κ3) is 5.86. The Kier molecular flexibility index (Phi) is 7.14. The number of benzene rings is 2. The Balaban J connectivity index is 1.46. The van der Waals surface area contributed by atoms with E-state index in [4.69, 9.17) is 37.4 Å². The Bertz CT molecular complexity index is 835. The quantitative estimate of drug-likeness (QED) is 0.670. The lowest BCUT2D eigenvalue weighted by Gasteiger charge is -2.12. The lowest BCUT2D eigenvalue weighted by atomic mass is 10.2. The molecule has 1 amide bonds. The number of amides is 1. The van der Waals surface area contributed by atoms with E-state index in [0.717, 1.165) is 19.4 Å². The van der Waals surface area contributed by atoms with E-state index in [1.54, 1.807) is 36.4 Å². The van der Waals surface area contributed by atoms with Crippen LogP contribution in [0.1, 0.15) is 23.2 Å². The first-order valence-corrected chi connectivity index (χ1v) is 9.53. The van der Waals surface area contributed by atoms with Crippen molar-refractivity contribution >= 4 is 40.8 Å². The molecule has 6 nitrogen and oxygen atoms in total. The summed E-state index contributed by atoms with van der Waals surface area (Å²) in [6.07, 6.45) is 2.17. The van der Waals surface area contributed by atoms with Crippen LogP contribution in [0, 0.1) is 0 Å². The van der Waals surface area contributed by atoms with Crippen LogP contribution in [0.5, 0.6) is 5.75 Å². The second kappa shape index (κ2) is 9.78. The molecule has 1 unspecified atom stereocenters. The normalized spacial score (nSPS) is 15.9. The lowest BCUT2D eigenvalue weighted by Crippen LogP contribution is -2.21. The number of hydrogen-bond donors (Lipinski definition) is 1. The zero-order valence-electron chi connectivity index (χ0n) is 15.0. The smallest absolute Gasteiger partial charge is 0.338 e. The Hall–Kier alpha value is -2.28. The van der Waals surface area contributed by atoms with Crippen molar-refractivity contribution in [1.29, 1.82) is 0 Å². The van der Waals surface area contributed by atoms with Gasteiger partial charge in [-0.15, -0.1) is 0 Å². The Labute approximate surface area is 172 Å². The van der Waals surface area contributed by atoms with E-state index in [1.807, 2.05) is 0 Å². The van der Waals surface area contributed by atoms with Crippen LogP contribution in [0.15, 0.2) is 42.5 Å². The van der Waals surface area contributed by atoms with Crippen LogP contribution < -0.4 is 10.1 Å². The summed E-state index contributed by atoms with van der Waals surface area (Å²) in [5.74, 6) is -0.493. The molecule has 3 rings (SSSR count). The number of hydrogen-bond acceptors (Lipinski definition) is 5. The van der Waals surface area contributed by atoms with Gasteiger partial charge in [0.05, 0.1) is 22.4 Å². The predicted octanol–water partition coefficient (Wildman–Crippen LogP) is 4.35. The fourth-order valence-electron chi connectivity index (χ4n) is 2.65. The summed E-state index contributed by atoms with van der Waals surface area (Å²) in [5.41, 5.74) is 0.668. The maximum Gasteiger partial charge on any atom is 0.338 e. The van der Waals surface area contributed by atoms with E-state index in [2.05, 4.69) is 5.32 Å². The third-order valence-corrected chi connectivity index (χ3v) is 4.65. The highest BCUT2D eigenvalue weighted by Gasteiger charge is 2.16. The van der Waals surface area contributed by atoms with E-state index >= 15 is 0 Å². The summed E-state index contributed by atoms with van der Waals surface area (Å²) >= 11 is 11.8. The van der Waals surface area contributed by atoms with Gasteiger partial charge in [-0.2, -0.15) is 0 Å². The van der Waals surface area contributed by atoms with Gasteiger partial charge < -0.3 is 19.5 Å². The summed E-state index contributed by atoms with van der Waals surface area (Å²) in [5, 5.41) is 3.31. The van der Waals surface area contributed by atoms with E-state index < -0.39 is 18.5 Å². The van der Waals surface area contributed by atoms with Crippen molar-refractivity contribution < 1.29 is 23.8 Å². The maximum atomic E-state index is 12.1. The van der Waals surface area contributed by atoms with Crippen LogP contribution in [0.25, 0.3) is 0 Å². The molecule has 0 bridgehead atoms. The molecule has 1 N–H and O–H groups in total. The molecule has 1 saturated heterocycles. The number of carbonyl (C=O) groups excluding carboxylic acids is 2. The van der Waals surface area contributed by atoms with Gasteiger partial charge in [-0.05, 0) is 55.3 Å². The van der Waals surface area contributed by atoms with Gasteiger partial charge in [-0.1, -0.05) is 23.2 Å². The number of halogens is 2. The fourth-order valence-corrected chi connectivity index (χ4v) is 2.98. The van der Waals surface area contributed by atoms with E-state index in [1.165, 1.54) is 6.07 Å². The number of anilines is 1. The standard InChI is InChI=1S/C20H19Cl2NO5/c21-14-5-8-17(22)18(10-14)23-19(24)12-28-20(25)13-3-6-15(7-4-13)27-11-16-2-1-9-26-16/h3-8,10,16H,1-2,9,11-12H2,(H,23,24). The summed E-state index contributed by atoms with van der Waals surface area (Å²) in [6.45, 7) is 0.810. The second-order valence-electron chi connectivity index (χ2n) is 6.22. The van der Waals surface area contributed by atoms with Crippen molar-refractivity contribution in [1.82, 2.24) is 0 Å². The average molecular weight is 424 g/mol. The predicted molar refractivity (Wildman–Crippen MR) is 106 cm³/mol. The number of esters is 1. The number of ether oxygens (including phenoxy) is 3. The second-order valence-corrected chi connectivity index (χ2v) is 7.06. The van der Waals surface area contributed by atoms with Crippen LogP contribution in [-0.2, 0) is 14.3 Å². The minimum Gasteiger partial charge on any atom is -0.491 e. The molecule has 2 aromatic carbocycles. The molecule has 1 aliphatic rings. The van der Waals surface area contributed by atoms with Gasteiger partial charge in [0.1, 0.15) is 12.4 Å². The molecular formula is C20H19Cl2NO5. The van der Waals surface area contributed by atoms with Crippen molar-refractivity contribution in [3.05, 3.63) is 58.1 Å². The molecule has 1 aliphatic heterocycles. The minimum absolute atomic E-state index is 0.121. The zero-order valence-corrected chi connectivity index (χ0v) is 16.5. The molecule has 2 aromatic rings. The first-order chi connectivity index (χ1) is 13.5. The van der Waals surface area contributed by atoms with E-state index in [0.29, 0.717) is 33.7 Å². The molecule has 8 heteroatoms. The summed E-state index contributed by atoms with van der Waals surface area (Å²) in [4.78, 5) is 24.0. The molecule has 0 aromatic heterocycles. The summed E-state index contributed by atoms with van der Waals surface area (Å²) in [7, 11) is 0. The van der Waals surface area contributed by atoms with Gasteiger partial charge in [0, 0.05) is 11.6 Å². The molecule has 1 atom stereocenters. The van der Waals surface area contributed by atoms with Gasteiger partial charge in [0.25, 0.3) is 5.91 Å². The topological polar surface area (TPSA) is 73.9 Å². The molecular weight excluding hydrogens is 405 g/mol. The monoisotopic (exact) mass is 423 g/mol. The minimum atomic E-state index is -0.613. The summed E-state index contributed by atoms with van der Waals surface area (Å²) < 4.78 is 16.2. The third-order valence-electron chi connectivity index (χ3n) is 4.09.